The van der Waals surface area contributed by atoms with E-state index in [0.29, 0.717) is 13.1 Å². The van der Waals surface area contributed by atoms with E-state index in [1.807, 2.05) is 6.92 Å². The largest absolute Gasteiger partial charge is 0.366 e. The fourth-order valence-corrected chi connectivity index (χ4v) is 4.34. The quantitative estimate of drug-likeness (QED) is 0.802. The molecule has 0 aromatic heterocycles. The van der Waals surface area contributed by atoms with E-state index in [0.717, 1.165) is 19.4 Å². The van der Waals surface area contributed by atoms with Gasteiger partial charge in [0.05, 0.1) is 4.90 Å². The van der Waals surface area contributed by atoms with Crippen LogP contribution in [0, 0.1) is 0 Å². The first-order chi connectivity index (χ1) is 9.96. The van der Waals surface area contributed by atoms with Gasteiger partial charge in [-0.25, -0.2) is 8.42 Å². The van der Waals surface area contributed by atoms with E-state index in [9.17, 15) is 13.2 Å². The Labute approximate surface area is 125 Å². The van der Waals surface area contributed by atoms with Crippen LogP contribution in [0.4, 0.5) is 0 Å². The van der Waals surface area contributed by atoms with Crippen LogP contribution in [0.1, 0.15) is 30.1 Å². The summed E-state index contributed by atoms with van der Waals surface area (Å²) < 4.78 is 27.2. The maximum Gasteiger partial charge on any atom is 0.248 e. The molecule has 0 spiro atoms. The number of sulfonamides is 1. The number of amides is 1. The zero-order chi connectivity index (χ0) is 15.5. The highest BCUT2D eigenvalue weighted by Gasteiger charge is 2.32. The van der Waals surface area contributed by atoms with Gasteiger partial charge in [-0.05, 0) is 37.6 Å². The van der Waals surface area contributed by atoms with Crippen molar-refractivity contribution in [2.24, 2.45) is 5.73 Å². The Morgan fingerprint density at radius 2 is 2.24 bits per heavy atom. The molecule has 116 valence electrons. The number of carbonyl (C=O) groups is 1. The second-order valence-electron chi connectivity index (χ2n) is 5.15. The van der Waals surface area contributed by atoms with Crippen molar-refractivity contribution in [2.45, 2.75) is 30.7 Å². The molecule has 1 aliphatic rings. The van der Waals surface area contributed by atoms with Gasteiger partial charge in [0, 0.05) is 24.7 Å². The average Bonchev–Trinajstić information content (AvgIpc) is 2.98. The van der Waals surface area contributed by atoms with E-state index >= 15 is 0 Å². The van der Waals surface area contributed by atoms with Crippen LogP contribution in [-0.4, -0.2) is 44.3 Å². The van der Waals surface area contributed by atoms with E-state index in [1.165, 1.54) is 22.5 Å². The van der Waals surface area contributed by atoms with Crippen LogP contribution < -0.4 is 11.1 Å². The zero-order valence-electron chi connectivity index (χ0n) is 12.1. The monoisotopic (exact) mass is 311 g/mol. The van der Waals surface area contributed by atoms with Gasteiger partial charge in [0.1, 0.15) is 0 Å². The Kier molecular flexibility index (Phi) is 4.97. The highest BCUT2D eigenvalue weighted by Crippen LogP contribution is 2.22. The Morgan fingerprint density at radius 3 is 2.81 bits per heavy atom. The topological polar surface area (TPSA) is 92.5 Å². The standard InChI is InChI=1S/C14H21N3O3S/c1-2-8-17(12-6-7-16-10-12)21(19,20)13-5-3-4-11(9-13)14(15)18/h3-5,9,12,16H,2,6-8,10H2,1H3,(H2,15,18). The Morgan fingerprint density at radius 1 is 1.48 bits per heavy atom. The third-order valence-electron chi connectivity index (χ3n) is 3.61. The third-order valence-corrected chi connectivity index (χ3v) is 5.56. The molecule has 0 aliphatic carbocycles. The number of hydrogen-bond donors (Lipinski definition) is 2. The first kappa shape index (κ1) is 15.9. The fourth-order valence-electron chi connectivity index (χ4n) is 2.55. The second kappa shape index (κ2) is 6.55. The number of nitrogens with two attached hydrogens (primary N) is 1. The molecule has 3 N–H and O–H groups in total. The van der Waals surface area contributed by atoms with Crippen molar-refractivity contribution in [1.29, 1.82) is 0 Å². The Hall–Kier alpha value is -1.44. The molecular weight excluding hydrogens is 290 g/mol. The molecule has 1 saturated heterocycles. The maximum absolute atomic E-state index is 12.8. The van der Waals surface area contributed by atoms with Crippen LogP contribution in [0.5, 0.6) is 0 Å². The Bertz CT molecular complexity index is 610. The lowest BCUT2D eigenvalue weighted by Crippen LogP contribution is -2.42. The first-order valence-electron chi connectivity index (χ1n) is 7.09. The number of nitrogens with one attached hydrogen (secondary N) is 1. The summed E-state index contributed by atoms with van der Waals surface area (Å²) in [6.45, 7) is 3.90. The number of carbonyl (C=O) groups excluding carboxylic acids is 1. The van der Waals surface area contributed by atoms with Crippen LogP contribution in [-0.2, 0) is 10.0 Å². The van der Waals surface area contributed by atoms with Crippen molar-refractivity contribution in [1.82, 2.24) is 9.62 Å². The van der Waals surface area contributed by atoms with Crippen molar-refractivity contribution < 1.29 is 13.2 Å². The van der Waals surface area contributed by atoms with E-state index in [2.05, 4.69) is 5.32 Å². The molecule has 1 aliphatic heterocycles. The summed E-state index contributed by atoms with van der Waals surface area (Å²) in [5, 5.41) is 3.18. The van der Waals surface area contributed by atoms with Gasteiger partial charge in [-0.2, -0.15) is 4.31 Å². The first-order valence-corrected chi connectivity index (χ1v) is 8.53. The number of primary amides is 1. The molecule has 1 aromatic rings. The minimum Gasteiger partial charge on any atom is -0.366 e. The molecular formula is C14H21N3O3S. The molecule has 6 nitrogen and oxygen atoms in total. The van der Waals surface area contributed by atoms with E-state index < -0.39 is 15.9 Å². The fraction of sp³-hybridized carbons (Fsp3) is 0.500. The lowest BCUT2D eigenvalue weighted by Gasteiger charge is -2.27. The highest BCUT2D eigenvalue weighted by atomic mass is 32.2. The highest BCUT2D eigenvalue weighted by molar-refractivity contribution is 7.89. The van der Waals surface area contributed by atoms with Gasteiger partial charge in [-0.3, -0.25) is 4.79 Å². The van der Waals surface area contributed by atoms with Crippen LogP contribution in [0.2, 0.25) is 0 Å². The van der Waals surface area contributed by atoms with Crippen LogP contribution in [0.3, 0.4) is 0 Å². The molecule has 1 unspecified atom stereocenters. The van der Waals surface area contributed by atoms with Gasteiger partial charge < -0.3 is 11.1 Å². The van der Waals surface area contributed by atoms with Crippen molar-refractivity contribution in [2.75, 3.05) is 19.6 Å². The van der Waals surface area contributed by atoms with E-state index in [1.54, 1.807) is 6.07 Å². The van der Waals surface area contributed by atoms with Crippen molar-refractivity contribution in [3.05, 3.63) is 29.8 Å². The summed E-state index contributed by atoms with van der Waals surface area (Å²) in [7, 11) is -3.62. The predicted molar refractivity (Wildman–Crippen MR) is 80.4 cm³/mol. The van der Waals surface area contributed by atoms with E-state index in [4.69, 9.17) is 5.73 Å². The van der Waals surface area contributed by atoms with Crippen LogP contribution in [0.25, 0.3) is 0 Å². The van der Waals surface area contributed by atoms with Gasteiger partial charge in [-0.1, -0.05) is 13.0 Å². The number of rotatable bonds is 6. The molecule has 1 amide bonds. The second-order valence-corrected chi connectivity index (χ2v) is 7.05. The molecule has 21 heavy (non-hydrogen) atoms. The third kappa shape index (κ3) is 3.42. The van der Waals surface area contributed by atoms with Crippen molar-refractivity contribution in [3.63, 3.8) is 0 Å². The summed E-state index contributed by atoms with van der Waals surface area (Å²) in [4.78, 5) is 11.4. The summed E-state index contributed by atoms with van der Waals surface area (Å²) in [6.07, 6.45) is 1.54. The molecule has 7 heteroatoms. The Balaban J connectivity index is 2.37. The summed E-state index contributed by atoms with van der Waals surface area (Å²) >= 11 is 0. The molecule has 1 heterocycles. The molecule has 0 bridgehead atoms. The van der Waals surface area contributed by atoms with E-state index in [-0.39, 0.29) is 16.5 Å². The number of nitrogens with zero attached hydrogens (tertiary/aromatic N) is 1. The van der Waals surface area contributed by atoms with Crippen molar-refractivity contribution >= 4 is 15.9 Å². The minimum absolute atomic E-state index is 0.0350. The molecule has 1 aromatic carbocycles. The maximum atomic E-state index is 12.8. The zero-order valence-corrected chi connectivity index (χ0v) is 12.9. The van der Waals surface area contributed by atoms with Gasteiger partial charge in [0.25, 0.3) is 0 Å². The van der Waals surface area contributed by atoms with Gasteiger partial charge in [0.2, 0.25) is 15.9 Å². The number of hydrogen-bond acceptors (Lipinski definition) is 4. The molecule has 2 rings (SSSR count). The number of benzene rings is 1. The van der Waals surface area contributed by atoms with Crippen molar-refractivity contribution in [3.8, 4) is 0 Å². The normalized spacial score (nSPS) is 19.0. The smallest absolute Gasteiger partial charge is 0.248 e. The van der Waals surface area contributed by atoms with Crippen LogP contribution in [0.15, 0.2) is 29.2 Å². The SMILES string of the molecule is CCCN(C1CCNC1)S(=O)(=O)c1cccc(C(N)=O)c1. The lowest BCUT2D eigenvalue weighted by molar-refractivity contribution is 0.1000. The predicted octanol–water partition coefficient (Wildman–Crippen LogP) is 0.548. The van der Waals surface area contributed by atoms with Gasteiger partial charge in [-0.15, -0.1) is 0 Å². The molecule has 0 saturated carbocycles. The molecule has 0 radical (unpaired) electrons. The lowest BCUT2D eigenvalue weighted by atomic mass is 10.2. The van der Waals surface area contributed by atoms with Gasteiger partial charge in [0.15, 0.2) is 0 Å². The minimum atomic E-state index is -3.62. The average molecular weight is 311 g/mol. The summed E-state index contributed by atoms with van der Waals surface area (Å²) in [5.41, 5.74) is 5.43. The molecule has 1 fully saturated rings. The summed E-state index contributed by atoms with van der Waals surface area (Å²) in [6, 6.07) is 5.88. The molecule has 1 atom stereocenters. The van der Waals surface area contributed by atoms with Crippen LogP contribution >= 0.6 is 0 Å². The summed E-state index contributed by atoms with van der Waals surface area (Å²) in [5.74, 6) is -0.628. The van der Waals surface area contributed by atoms with Gasteiger partial charge >= 0.3 is 0 Å².